The molecule has 3 heterocycles. The molecular weight excluding hydrogens is 813 g/mol. The van der Waals surface area contributed by atoms with Crippen molar-refractivity contribution in [1.29, 1.82) is 0 Å². The maximum atomic E-state index is 13.3. The number of aliphatic hydroxyl groups is 3. The highest BCUT2D eigenvalue weighted by Crippen LogP contribution is 2.43. The van der Waals surface area contributed by atoms with Crippen LogP contribution in [0.2, 0.25) is 0 Å². The monoisotopic (exact) mass is 855 g/mol. The Balaban J connectivity index is 0.000000198. The predicted molar refractivity (Wildman–Crippen MR) is 204 cm³/mol. The minimum Gasteiger partial charge on any atom is -0.379 e. The van der Waals surface area contributed by atoms with Crippen LogP contribution in [0.5, 0.6) is 0 Å². The van der Waals surface area contributed by atoms with Crippen molar-refractivity contribution in [2.45, 2.75) is 95.0 Å². The van der Waals surface area contributed by atoms with Crippen LogP contribution in [0.3, 0.4) is 0 Å². The first-order valence-corrected chi connectivity index (χ1v) is 18.6. The van der Waals surface area contributed by atoms with Crippen molar-refractivity contribution in [2.24, 2.45) is 0 Å². The van der Waals surface area contributed by atoms with Crippen LogP contribution in [-0.4, -0.2) is 88.0 Å². The van der Waals surface area contributed by atoms with E-state index >= 15 is 0 Å². The zero-order valence-corrected chi connectivity index (χ0v) is 32.3. The van der Waals surface area contributed by atoms with Gasteiger partial charge in [0.15, 0.2) is 36.4 Å². The second-order valence-corrected chi connectivity index (χ2v) is 13.5. The fourth-order valence-electron chi connectivity index (χ4n) is 7.08. The second-order valence-electron chi connectivity index (χ2n) is 13.5. The summed E-state index contributed by atoms with van der Waals surface area (Å²) in [4.78, 5) is 37.8. The summed E-state index contributed by atoms with van der Waals surface area (Å²) in [6, 6.07) is 16.4. The molecule has 0 unspecified atom stereocenters. The number of benzene rings is 3. The number of carbonyl (C=O) groups excluding carboxylic acids is 3. The van der Waals surface area contributed by atoms with E-state index in [1.807, 2.05) is 0 Å². The highest BCUT2D eigenvalue weighted by atomic mass is 19.4. The first-order valence-electron chi connectivity index (χ1n) is 18.6. The highest BCUT2D eigenvalue weighted by Gasteiger charge is 2.58. The number of amides is 3. The van der Waals surface area contributed by atoms with Gasteiger partial charge in [0.2, 0.25) is 0 Å². The van der Waals surface area contributed by atoms with Gasteiger partial charge < -0.3 is 15.3 Å². The smallest absolute Gasteiger partial charge is 0.379 e. The van der Waals surface area contributed by atoms with Gasteiger partial charge in [-0.25, -0.2) is 0 Å². The van der Waals surface area contributed by atoms with E-state index < -0.39 is 72.7 Å². The zero-order chi connectivity index (χ0) is 44.7. The summed E-state index contributed by atoms with van der Waals surface area (Å²) in [6.45, 7) is 4.97. The molecule has 3 aliphatic heterocycles. The number of allylic oxidation sites excluding steroid dienone is 3. The van der Waals surface area contributed by atoms with Crippen LogP contribution in [0.4, 0.5) is 56.6 Å². The summed E-state index contributed by atoms with van der Waals surface area (Å²) in [6.07, 6.45) is -14.4. The van der Waals surface area contributed by atoms with Crippen LogP contribution in [0.1, 0.15) is 40.0 Å². The molecule has 0 aliphatic carbocycles. The van der Waals surface area contributed by atoms with Gasteiger partial charge in [0.05, 0.1) is 0 Å². The molecule has 18 heteroatoms. The molecule has 3 amide bonds. The summed E-state index contributed by atoms with van der Waals surface area (Å²) in [5.41, 5.74) is -0.522. The Hall–Kier alpha value is -5.46. The van der Waals surface area contributed by atoms with Gasteiger partial charge in [-0.2, -0.15) is 39.5 Å². The molecule has 324 valence electrons. The van der Waals surface area contributed by atoms with Crippen LogP contribution < -0.4 is 14.7 Å². The number of rotatable bonds is 6. The molecule has 0 spiro atoms. The number of hydrogen-bond donors (Lipinski definition) is 3. The van der Waals surface area contributed by atoms with Crippen LogP contribution in [-0.2, 0) is 14.4 Å². The van der Waals surface area contributed by atoms with Crippen molar-refractivity contribution >= 4 is 34.8 Å². The molecule has 0 radical (unpaired) electrons. The maximum Gasteiger partial charge on any atom is 0.413 e. The van der Waals surface area contributed by atoms with Gasteiger partial charge >= 0.3 is 18.5 Å². The fourth-order valence-corrected chi connectivity index (χ4v) is 7.08. The third-order valence-corrected chi connectivity index (χ3v) is 9.44. The number of halogens is 9. The lowest BCUT2D eigenvalue weighted by atomic mass is 10.0. The van der Waals surface area contributed by atoms with E-state index in [0.717, 1.165) is 0 Å². The number of nitrogens with zero attached hydrogens (tertiary/aromatic N) is 3. The molecule has 3 fully saturated rings. The van der Waals surface area contributed by atoms with Gasteiger partial charge in [0.1, 0.15) is 0 Å². The lowest BCUT2D eigenvalue weighted by Crippen LogP contribution is -2.44. The van der Waals surface area contributed by atoms with E-state index in [-0.39, 0.29) is 33.8 Å². The van der Waals surface area contributed by atoms with Crippen molar-refractivity contribution in [3.63, 3.8) is 0 Å². The Kier molecular flexibility index (Phi) is 15.2. The standard InChI is InChI=1S/3C14H14F3NO2/c3*1-2-6-10-11(19)13(20)18(12(10)14(15,16)17)9-7-4-3-5-8-9/h3*3-8,11-12,19H,2H2,1H3/b3*10-6+/t3*11-,12-/m100/s1. The Labute approximate surface area is 339 Å². The van der Waals surface area contributed by atoms with Crippen LogP contribution >= 0.6 is 0 Å². The molecule has 9 nitrogen and oxygen atoms in total. The van der Waals surface area contributed by atoms with E-state index in [1.165, 1.54) is 54.6 Å². The third-order valence-electron chi connectivity index (χ3n) is 9.44. The molecule has 3 N–H and O–H groups in total. The molecule has 6 atom stereocenters. The summed E-state index contributed by atoms with van der Waals surface area (Å²) >= 11 is 0. The molecule has 3 saturated heterocycles. The minimum atomic E-state index is -4.63. The molecule has 3 aromatic carbocycles. The molecular formula is C42H42F9N3O6. The van der Waals surface area contributed by atoms with Crippen LogP contribution in [0.25, 0.3) is 0 Å². The SMILES string of the molecule is CC/C=C1\[C@@H](O)C(=O)N(c2ccccc2)[C@H]1C(F)(F)F.CC/C=C1\[C@H](O)C(=O)N(c2ccccc2)[C@@H]1C(F)(F)F.CC/C=C1\[C@H](O)C(=O)N(c2ccccc2)[C@@H]1C(F)(F)F. The largest absolute Gasteiger partial charge is 0.413 e. The Morgan fingerprint density at radius 2 is 0.633 bits per heavy atom. The average molecular weight is 856 g/mol. The summed E-state index contributed by atoms with van der Waals surface area (Å²) < 4.78 is 119. The number of hydrogen-bond acceptors (Lipinski definition) is 6. The van der Waals surface area contributed by atoms with E-state index in [1.54, 1.807) is 75.4 Å². The average Bonchev–Trinajstić information content (AvgIpc) is 3.72. The second kappa shape index (κ2) is 19.3. The van der Waals surface area contributed by atoms with Crippen molar-refractivity contribution in [2.75, 3.05) is 14.7 Å². The van der Waals surface area contributed by atoms with Crippen LogP contribution in [0.15, 0.2) is 126 Å². The number of anilines is 3. The maximum absolute atomic E-state index is 13.3. The number of aliphatic hydroxyl groups excluding tert-OH is 3. The van der Waals surface area contributed by atoms with Gasteiger partial charge in [0.25, 0.3) is 17.7 Å². The van der Waals surface area contributed by atoms with Gasteiger partial charge in [-0.3, -0.25) is 29.1 Å². The zero-order valence-electron chi connectivity index (χ0n) is 32.3. The molecule has 3 aliphatic rings. The van der Waals surface area contributed by atoms with E-state index in [0.29, 0.717) is 34.0 Å². The topological polar surface area (TPSA) is 122 Å². The molecule has 0 bridgehead atoms. The quantitative estimate of drug-likeness (QED) is 0.171. The number of para-hydroxylation sites is 3. The predicted octanol–water partition coefficient (Wildman–Crippen LogP) is 7.98. The number of alkyl halides is 9. The van der Waals surface area contributed by atoms with Gasteiger partial charge in [-0.1, -0.05) is 93.6 Å². The first kappa shape index (κ1) is 47.2. The van der Waals surface area contributed by atoms with Gasteiger partial charge in [0, 0.05) is 17.1 Å². The van der Waals surface area contributed by atoms with Crippen molar-refractivity contribution in [3.8, 4) is 0 Å². The Morgan fingerprint density at radius 1 is 0.433 bits per heavy atom. The summed E-state index contributed by atoms with van der Waals surface area (Å²) in [5, 5.41) is 29.4. The highest BCUT2D eigenvalue weighted by molar-refractivity contribution is 6.05. The van der Waals surface area contributed by atoms with Crippen molar-refractivity contribution in [1.82, 2.24) is 0 Å². The lowest BCUT2D eigenvalue weighted by molar-refractivity contribution is -0.142. The van der Waals surface area contributed by atoms with Crippen molar-refractivity contribution < 1.29 is 69.2 Å². The molecule has 3 aromatic rings. The molecule has 0 saturated carbocycles. The van der Waals surface area contributed by atoms with E-state index in [2.05, 4.69) is 0 Å². The third kappa shape index (κ3) is 10.1. The van der Waals surface area contributed by atoms with E-state index in [4.69, 9.17) is 0 Å². The molecule has 0 aromatic heterocycles. The summed E-state index contributed by atoms with van der Waals surface area (Å²) in [7, 11) is 0. The van der Waals surface area contributed by atoms with Gasteiger partial charge in [-0.15, -0.1) is 0 Å². The Bertz CT molecular complexity index is 1810. The van der Waals surface area contributed by atoms with Crippen molar-refractivity contribution in [3.05, 3.63) is 126 Å². The lowest BCUT2D eigenvalue weighted by Gasteiger charge is -2.27. The first-order chi connectivity index (χ1) is 28.1. The fraction of sp³-hybridized carbons (Fsp3) is 0.357. The molecule has 6 rings (SSSR count). The Morgan fingerprint density at radius 3 is 0.800 bits per heavy atom. The molecule has 60 heavy (non-hydrogen) atoms. The minimum absolute atomic E-state index is 0.123. The van der Waals surface area contributed by atoms with E-state index in [9.17, 15) is 69.2 Å². The number of carbonyl (C=O) groups is 3. The normalized spacial score (nSPS) is 25.6. The van der Waals surface area contributed by atoms with Gasteiger partial charge in [-0.05, 0) is 72.4 Å². The summed E-state index contributed by atoms with van der Waals surface area (Å²) in [5.74, 6) is -2.84. The van der Waals surface area contributed by atoms with Crippen LogP contribution in [0, 0.1) is 0 Å².